The number of para-hydroxylation sites is 1. The predicted molar refractivity (Wildman–Crippen MR) is 81.7 cm³/mol. The Morgan fingerprint density at radius 1 is 1.38 bits per heavy atom. The SMILES string of the molecule is CCCCN(C)C(=O)N1CCC(C(=O)O)c2ccccc21. The van der Waals surface area contributed by atoms with Crippen LogP contribution in [0.2, 0.25) is 0 Å². The number of nitrogens with zero attached hydrogens (tertiary/aromatic N) is 2. The fourth-order valence-corrected chi connectivity index (χ4v) is 2.71. The van der Waals surface area contributed by atoms with Crippen molar-refractivity contribution in [1.29, 1.82) is 0 Å². The Balaban J connectivity index is 2.24. The van der Waals surface area contributed by atoms with Crippen LogP contribution >= 0.6 is 0 Å². The molecule has 5 nitrogen and oxygen atoms in total. The molecule has 0 radical (unpaired) electrons. The lowest BCUT2D eigenvalue weighted by atomic mass is 9.90. The van der Waals surface area contributed by atoms with Gasteiger partial charge in [0.25, 0.3) is 0 Å². The minimum Gasteiger partial charge on any atom is -0.481 e. The number of hydrogen-bond acceptors (Lipinski definition) is 2. The molecule has 114 valence electrons. The highest BCUT2D eigenvalue weighted by Crippen LogP contribution is 2.35. The van der Waals surface area contributed by atoms with E-state index in [0.29, 0.717) is 13.0 Å². The van der Waals surface area contributed by atoms with Crippen LogP contribution in [0.3, 0.4) is 0 Å². The molecule has 0 saturated carbocycles. The maximum Gasteiger partial charge on any atom is 0.324 e. The van der Waals surface area contributed by atoms with E-state index in [2.05, 4.69) is 6.92 Å². The molecule has 1 atom stereocenters. The van der Waals surface area contributed by atoms with Crippen molar-refractivity contribution >= 4 is 17.7 Å². The van der Waals surface area contributed by atoms with Crippen LogP contribution in [0.1, 0.15) is 37.7 Å². The van der Waals surface area contributed by atoms with Crippen molar-refractivity contribution in [2.75, 3.05) is 25.0 Å². The molecular formula is C16H22N2O3. The molecule has 5 heteroatoms. The molecule has 1 unspecified atom stereocenters. The highest BCUT2D eigenvalue weighted by atomic mass is 16.4. The molecule has 1 aliphatic rings. The van der Waals surface area contributed by atoms with Crippen molar-refractivity contribution in [2.45, 2.75) is 32.1 Å². The van der Waals surface area contributed by atoms with E-state index < -0.39 is 11.9 Å². The first kappa shape index (κ1) is 15.4. The van der Waals surface area contributed by atoms with E-state index in [1.165, 1.54) is 0 Å². The molecule has 0 aromatic heterocycles. The summed E-state index contributed by atoms with van der Waals surface area (Å²) in [6, 6.07) is 7.24. The molecule has 21 heavy (non-hydrogen) atoms. The van der Waals surface area contributed by atoms with E-state index in [9.17, 15) is 14.7 Å². The number of amides is 2. The maximum atomic E-state index is 12.5. The standard InChI is InChI=1S/C16H22N2O3/c1-3-4-10-17(2)16(21)18-11-9-13(15(19)20)12-7-5-6-8-14(12)18/h5-8,13H,3-4,9-11H2,1-2H3,(H,19,20). The Morgan fingerprint density at radius 2 is 2.10 bits per heavy atom. The normalized spacial score (nSPS) is 17.2. The summed E-state index contributed by atoms with van der Waals surface area (Å²) in [7, 11) is 1.80. The molecule has 2 rings (SSSR count). The Kier molecular flexibility index (Phi) is 4.83. The van der Waals surface area contributed by atoms with E-state index in [4.69, 9.17) is 0 Å². The van der Waals surface area contributed by atoms with Gasteiger partial charge in [-0.15, -0.1) is 0 Å². The van der Waals surface area contributed by atoms with Crippen molar-refractivity contribution in [1.82, 2.24) is 4.90 Å². The summed E-state index contributed by atoms with van der Waals surface area (Å²) < 4.78 is 0. The summed E-state index contributed by atoms with van der Waals surface area (Å²) in [6.07, 6.45) is 2.46. The van der Waals surface area contributed by atoms with E-state index in [0.717, 1.165) is 30.6 Å². The lowest BCUT2D eigenvalue weighted by Gasteiger charge is -2.35. The van der Waals surface area contributed by atoms with Gasteiger partial charge in [-0.05, 0) is 24.5 Å². The molecule has 0 fully saturated rings. The summed E-state index contributed by atoms with van der Waals surface area (Å²) in [6.45, 7) is 3.26. The number of benzene rings is 1. The first-order valence-corrected chi connectivity index (χ1v) is 7.40. The second-order valence-corrected chi connectivity index (χ2v) is 5.45. The van der Waals surface area contributed by atoms with Crippen LogP contribution in [0.15, 0.2) is 24.3 Å². The van der Waals surface area contributed by atoms with Gasteiger partial charge in [-0.2, -0.15) is 0 Å². The molecule has 0 saturated heterocycles. The topological polar surface area (TPSA) is 60.9 Å². The van der Waals surface area contributed by atoms with E-state index in [1.807, 2.05) is 18.2 Å². The number of unbranched alkanes of at least 4 members (excludes halogenated alkanes) is 1. The zero-order chi connectivity index (χ0) is 15.4. The summed E-state index contributed by atoms with van der Waals surface area (Å²) in [4.78, 5) is 27.3. The number of hydrogen-bond donors (Lipinski definition) is 1. The van der Waals surface area contributed by atoms with Gasteiger partial charge in [0.1, 0.15) is 0 Å². The van der Waals surface area contributed by atoms with E-state index >= 15 is 0 Å². The smallest absolute Gasteiger partial charge is 0.324 e. The number of urea groups is 1. The molecule has 0 spiro atoms. The molecule has 1 aliphatic heterocycles. The van der Waals surface area contributed by atoms with Gasteiger partial charge in [-0.1, -0.05) is 31.5 Å². The summed E-state index contributed by atoms with van der Waals surface area (Å²) in [5.74, 6) is -1.35. The maximum absolute atomic E-state index is 12.5. The minimum absolute atomic E-state index is 0.0558. The second kappa shape index (κ2) is 6.61. The van der Waals surface area contributed by atoms with Crippen molar-refractivity contribution in [3.63, 3.8) is 0 Å². The first-order chi connectivity index (χ1) is 10.1. The van der Waals surface area contributed by atoms with Gasteiger partial charge >= 0.3 is 12.0 Å². The van der Waals surface area contributed by atoms with Gasteiger partial charge in [0, 0.05) is 25.8 Å². The van der Waals surface area contributed by atoms with Crippen molar-refractivity contribution in [3.8, 4) is 0 Å². The Labute approximate surface area is 125 Å². The molecule has 1 aromatic carbocycles. The minimum atomic E-state index is -0.825. The van der Waals surface area contributed by atoms with E-state index in [1.54, 1.807) is 22.9 Å². The van der Waals surface area contributed by atoms with Crippen molar-refractivity contribution in [3.05, 3.63) is 29.8 Å². The van der Waals surface area contributed by atoms with Gasteiger partial charge in [-0.3, -0.25) is 9.69 Å². The number of anilines is 1. The van der Waals surface area contributed by atoms with Crippen LogP contribution in [0.4, 0.5) is 10.5 Å². The number of carbonyl (C=O) groups is 2. The zero-order valence-corrected chi connectivity index (χ0v) is 12.6. The van der Waals surface area contributed by atoms with Gasteiger partial charge in [0.15, 0.2) is 0 Å². The van der Waals surface area contributed by atoms with Crippen LogP contribution in [0.25, 0.3) is 0 Å². The fraction of sp³-hybridized carbons (Fsp3) is 0.500. The lowest BCUT2D eigenvalue weighted by molar-refractivity contribution is -0.139. The third kappa shape index (κ3) is 3.17. The van der Waals surface area contributed by atoms with Crippen LogP contribution in [-0.4, -0.2) is 42.1 Å². The molecule has 1 N–H and O–H groups in total. The Bertz CT molecular complexity index is 530. The third-order valence-electron chi connectivity index (χ3n) is 3.95. The van der Waals surface area contributed by atoms with Crippen LogP contribution in [0.5, 0.6) is 0 Å². The average Bonchev–Trinajstić information content (AvgIpc) is 2.50. The van der Waals surface area contributed by atoms with Gasteiger partial charge < -0.3 is 10.0 Å². The molecule has 1 aromatic rings. The number of rotatable bonds is 4. The average molecular weight is 290 g/mol. The highest BCUT2D eigenvalue weighted by molar-refractivity contribution is 5.95. The molecular weight excluding hydrogens is 268 g/mol. The van der Waals surface area contributed by atoms with Crippen molar-refractivity contribution in [2.24, 2.45) is 0 Å². The van der Waals surface area contributed by atoms with Crippen LogP contribution in [0, 0.1) is 0 Å². The zero-order valence-electron chi connectivity index (χ0n) is 12.6. The van der Waals surface area contributed by atoms with Crippen LogP contribution < -0.4 is 4.90 Å². The largest absolute Gasteiger partial charge is 0.481 e. The molecule has 0 aliphatic carbocycles. The van der Waals surface area contributed by atoms with E-state index in [-0.39, 0.29) is 6.03 Å². The molecule has 2 amide bonds. The Morgan fingerprint density at radius 3 is 2.76 bits per heavy atom. The monoisotopic (exact) mass is 290 g/mol. The van der Waals surface area contributed by atoms with Gasteiger partial charge in [0.05, 0.1) is 5.92 Å². The quantitative estimate of drug-likeness (QED) is 0.927. The summed E-state index contributed by atoms with van der Waals surface area (Å²) in [5.41, 5.74) is 1.46. The number of fused-ring (bicyclic) bond motifs is 1. The molecule has 1 heterocycles. The fourth-order valence-electron chi connectivity index (χ4n) is 2.71. The number of aliphatic carboxylic acids is 1. The molecule has 0 bridgehead atoms. The van der Waals surface area contributed by atoms with Crippen LogP contribution in [-0.2, 0) is 4.79 Å². The second-order valence-electron chi connectivity index (χ2n) is 5.45. The first-order valence-electron chi connectivity index (χ1n) is 7.40. The highest BCUT2D eigenvalue weighted by Gasteiger charge is 2.33. The summed E-state index contributed by atoms with van der Waals surface area (Å²) in [5, 5.41) is 9.32. The van der Waals surface area contributed by atoms with Gasteiger partial charge in [0.2, 0.25) is 0 Å². The third-order valence-corrected chi connectivity index (χ3v) is 3.95. The predicted octanol–water partition coefficient (Wildman–Crippen LogP) is 2.92. The van der Waals surface area contributed by atoms with Crippen molar-refractivity contribution < 1.29 is 14.7 Å². The number of carboxylic acid groups (broad SMARTS) is 1. The lowest BCUT2D eigenvalue weighted by Crippen LogP contribution is -2.45. The summed E-state index contributed by atoms with van der Waals surface area (Å²) >= 11 is 0. The Hall–Kier alpha value is -2.04. The number of carboxylic acids is 1. The number of carbonyl (C=O) groups excluding carboxylic acids is 1. The van der Waals surface area contributed by atoms with Gasteiger partial charge in [-0.25, -0.2) is 4.79 Å².